The second kappa shape index (κ2) is 11.5. The normalized spacial score (nSPS) is 18.2. The number of benzene rings is 2. The van der Waals surface area contributed by atoms with Crippen LogP contribution in [0, 0.1) is 18.3 Å². The molecule has 0 saturated heterocycles. The van der Waals surface area contributed by atoms with Crippen molar-refractivity contribution in [2.24, 2.45) is 0 Å². The summed E-state index contributed by atoms with van der Waals surface area (Å²) in [5.41, 5.74) is 5.25. The highest BCUT2D eigenvalue weighted by Gasteiger charge is 2.40. The molecule has 0 fully saturated rings. The molecule has 0 spiro atoms. The number of nitrogens with zero attached hydrogens (tertiary/aromatic N) is 4. The third-order valence-corrected chi connectivity index (χ3v) is 12.2. The third kappa shape index (κ3) is 5.75. The molecule has 2 aromatic heterocycles. The maximum absolute atomic E-state index is 14.1. The van der Waals surface area contributed by atoms with Crippen LogP contribution in [0.25, 0.3) is 21.9 Å². The molecule has 5 rings (SSSR count). The van der Waals surface area contributed by atoms with Crippen LogP contribution in [0.3, 0.4) is 0 Å². The number of methoxy groups -OCH3 is 1. The maximum atomic E-state index is 14.1. The van der Waals surface area contributed by atoms with Gasteiger partial charge >= 0.3 is 0 Å². The van der Waals surface area contributed by atoms with Gasteiger partial charge in [0.1, 0.15) is 23.4 Å². The Balaban J connectivity index is 1.63. The predicted molar refractivity (Wildman–Crippen MR) is 174 cm³/mol. The summed E-state index contributed by atoms with van der Waals surface area (Å²) >= 11 is 0. The van der Waals surface area contributed by atoms with Gasteiger partial charge < -0.3 is 14.0 Å². The van der Waals surface area contributed by atoms with Crippen LogP contribution in [0.1, 0.15) is 48.9 Å². The smallest absolute Gasteiger partial charge is 0.248 e. The molecule has 2 unspecified atom stereocenters. The van der Waals surface area contributed by atoms with Crippen LogP contribution in [0.4, 0.5) is 0 Å². The van der Waals surface area contributed by atoms with E-state index in [0.29, 0.717) is 29.9 Å². The first kappa shape index (κ1) is 30.9. The van der Waals surface area contributed by atoms with Gasteiger partial charge in [0.15, 0.2) is 0 Å². The van der Waals surface area contributed by atoms with E-state index in [1.807, 2.05) is 67.0 Å². The summed E-state index contributed by atoms with van der Waals surface area (Å²) in [5, 5.41) is 10.4. The SMILES string of the molecule is COC(c1ccc(C)c2c1ccn2S(=O)(=O)C1(C)C=C(C)C=CC1)c1nc2ccc(C#N)cc2n1COCC[Si](C)(C)C. The molecule has 0 radical (unpaired) electrons. The first-order valence-corrected chi connectivity index (χ1v) is 19.7. The van der Waals surface area contributed by atoms with Crippen molar-refractivity contribution in [3.05, 3.63) is 88.9 Å². The van der Waals surface area contributed by atoms with Crippen molar-refractivity contribution in [2.75, 3.05) is 13.7 Å². The van der Waals surface area contributed by atoms with Gasteiger partial charge in [-0.15, -0.1) is 0 Å². The predicted octanol–water partition coefficient (Wildman–Crippen LogP) is 7.06. The molecule has 0 saturated carbocycles. The monoisotopic (exact) mass is 616 g/mol. The Hall–Kier alpha value is -3.49. The van der Waals surface area contributed by atoms with E-state index in [1.54, 1.807) is 26.3 Å². The van der Waals surface area contributed by atoms with Crippen molar-refractivity contribution < 1.29 is 17.9 Å². The summed E-state index contributed by atoms with van der Waals surface area (Å²) in [6.07, 6.45) is 7.15. The zero-order chi connectivity index (χ0) is 31.2. The van der Waals surface area contributed by atoms with Gasteiger partial charge in [0, 0.05) is 33.4 Å². The molecular formula is C33H40N4O4SSi. The van der Waals surface area contributed by atoms with Crippen LogP contribution < -0.4 is 0 Å². The lowest BCUT2D eigenvalue weighted by atomic mass is 9.98. The van der Waals surface area contributed by atoms with Crippen molar-refractivity contribution in [1.82, 2.24) is 13.5 Å². The molecule has 4 aromatic rings. The molecule has 10 heteroatoms. The summed E-state index contributed by atoms with van der Waals surface area (Å²) in [6, 6.07) is 14.4. The highest BCUT2D eigenvalue weighted by Crippen LogP contribution is 2.38. The summed E-state index contributed by atoms with van der Waals surface area (Å²) in [5.74, 6) is 0.629. The fourth-order valence-corrected chi connectivity index (χ4v) is 8.32. The zero-order valence-corrected chi connectivity index (χ0v) is 27.8. The first-order chi connectivity index (χ1) is 20.3. The number of aromatic nitrogens is 3. The van der Waals surface area contributed by atoms with E-state index in [1.165, 1.54) is 3.97 Å². The molecule has 2 atom stereocenters. The van der Waals surface area contributed by atoms with E-state index < -0.39 is 28.9 Å². The van der Waals surface area contributed by atoms with Gasteiger partial charge in [-0.1, -0.05) is 55.6 Å². The van der Waals surface area contributed by atoms with Gasteiger partial charge in [0.25, 0.3) is 0 Å². The maximum Gasteiger partial charge on any atom is 0.248 e. The second-order valence-corrected chi connectivity index (χ2v) is 20.7. The summed E-state index contributed by atoms with van der Waals surface area (Å²) in [7, 11) is -3.46. The molecule has 0 bridgehead atoms. The number of rotatable bonds is 10. The second-order valence-electron chi connectivity index (χ2n) is 12.8. The average molecular weight is 617 g/mol. The van der Waals surface area contributed by atoms with Crippen molar-refractivity contribution in [3.8, 4) is 6.07 Å². The molecule has 1 aliphatic carbocycles. The number of fused-ring (bicyclic) bond motifs is 2. The van der Waals surface area contributed by atoms with E-state index in [0.717, 1.165) is 39.2 Å². The topological polar surface area (TPSA) is 99.1 Å². The van der Waals surface area contributed by atoms with E-state index in [-0.39, 0.29) is 6.73 Å². The summed E-state index contributed by atoms with van der Waals surface area (Å²) < 4.78 is 42.9. The van der Waals surface area contributed by atoms with Gasteiger partial charge in [0.05, 0.1) is 28.2 Å². The number of nitriles is 1. The Morgan fingerprint density at radius 2 is 1.93 bits per heavy atom. The molecular weight excluding hydrogens is 577 g/mol. The fourth-order valence-electron chi connectivity index (χ4n) is 5.77. The van der Waals surface area contributed by atoms with Crippen LogP contribution in [-0.4, -0.2) is 48.5 Å². The van der Waals surface area contributed by atoms with Crippen LogP contribution in [0.2, 0.25) is 25.7 Å². The van der Waals surface area contributed by atoms with Crippen LogP contribution in [0.5, 0.6) is 0 Å². The van der Waals surface area contributed by atoms with Crippen molar-refractivity contribution in [2.45, 2.75) is 70.5 Å². The summed E-state index contributed by atoms with van der Waals surface area (Å²) in [4.78, 5) is 4.96. The Morgan fingerprint density at radius 3 is 2.60 bits per heavy atom. The lowest BCUT2D eigenvalue weighted by Crippen LogP contribution is -2.38. The van der Waals surface area contributed by atoms with E-state index >= 15 is 0 Å². The highest BCUT2D eigenvalue weighted by atomic mass is 32.2. The minimum Gasteiger partial charge on any atom is -0.369 e. The lowest BCUT2D eigenvalue weighted by molar-refractivity contribution is 0.0742. The average Bonchev–Trinajstić information content (AvgIpc) is 3.55. The van der Waals surface area contributed by atoms with E-state index in [9.17, 15) is 13.7 Å². The molecule has 43 heavy (non-hydrogen) atoms. The number of hydrogen-bond donors (Lipinski definition) is 0. The molecule has 0 aliphatic heterocycles. The number of ether oxygens (including phenoxy) is 2. The van der Waals surface area contributed by atoms with Crippen molar-refractivity contribution >= 4 is 40.0 Å². The minimum atomic E-state index is -3.80. The van der Waals surface area contributed by atoms with Gasteiger partial charge in [-0.2, -0.15) is 5.26 Å². The molecule has 0 amide bonds. The summed E-state index contributed by atoms with van der Waals surface area (Å²) in [6.45, 7) is 13.4. The molecule has 0 N–H and O–H groups in total. The molecule has 8 nitrogen and oxygen atoms in total. The van der Waals surface area contributed by atoms with E-state index in [4.69, 9.17) is 14.5 Å². The number of allylic oxidation sites excluding steroid dienone is 3. The lowest BCUT2D eigenvalue weighted by Gasteiger charge is -2.29. The minimum absolute atomic E-state index is 0.257. The Bertz CT molecular complexity index is 1910. The van der Waals surface area contributed by atoms with Gasteiger partial charge in [0.2, 0.25) is 10.0 Å². The van der Waals surface area contributed by atoms with Crippen LogP contribution in [-0.2, 0) is 26.2 Å². The standard InChI is InChI=1S/C33H40N4O4SSi/c1-23-9-8-15-33(3,20-23)42(38,39)37-16-14-26-27(12-10-24(2)30(26)37)31(40-4)32-35-28-13-11-25(21-34)19-29(28)36(32)22-41-17-18-43(5,6)7/h8-14,16,19-20,31H,15,17-18,22H2,1-7H3. The van der Waals surface area contributed by atoms with Crippen molar-refractivity contribution in [3.63, 3.8) is 0 Å². The van der Waals surface area contributed by atoms with Gasteiger partial charge in [-0.05, 0) is 68.6 Å². The van der Waals surface area contributed by atoms with Crippen LogP contribution >= 0.6 is 0 Å². The third-order valence-electron chi connectivity index (χ3n) is 8.21. The number of hydrogen-bond acceptors (Lipinski definition) is 6. The Labute approximate surface area is 255 Å². The number of imidazole rings is 1. The molecule has 2 aromatic carbocycles. The van der Waals surface area contributed by atoms with Crippen LogP contribution in [0.15, 0.2) is 66.4 Å². The number of aryl methyl sites for hydroxylation is 1. The largest absolute Gasteiger partial charge is 0.369 e. The van der Waals surface area contributed by atoms with Gasteiger partial charge in [-0.3, -0.25) is 0 Å². The molecule has 2 heterocycles. The molecule has 226 valence electrons. The van der Waals surface area contributed by atoms with Gasteiger partial charge in [-0.25, -0.2) is 17.4 Å². The Morgan fingerprint density at radius 1 is 1.16 bits per heavy atom. The zero-order valence-electron chi connectivity index (χ0n) is 26.0. The molecule has 1 aliphatic rings. The van der Waals surface area contributed by atoms with E-state index in [2.05, 4.69) is 25.7 Å². The Kier molecular flexibility index (Phi) is 8.31. The fraction of sp³-hybridized carbons (Fsp3) is 0.394. The quantitative estimate of drug-likeness (QED) is 0.140. The highest BCUT2D eigenvalue weighted by molar-refractivity contribution is 7.91. The first-order valence-electron chi connectivity index (χ1n) is 14.5. The van der Waals surface area contributed by atoms with Crippen molar-refractivity contribution in [1.29, 1.82) is 5.26 Å².